The molecule has 0 spiro atoms. The Hall–Kier alpha value is -1.53. The maximum atomic E-state index is 12.8. The third kappa shape index (κ3) is 3.77. The molecule has 21 heavy (non-hydrogen) atoms. The number of benzene rings is 1. The molecule has 6 heteroatoms. The largest absolute Gasteiger partial charge is 0.416 e. The molecule has 0 saturated carbocycles. The van der Waals surface area contributed by atoms with Gasteiger partial charge >= 0.3 is 6.18 Å². The molecule has 2 N–H and O–H groups in total. The van der Waals surface area contributed by atoms with Crippen molar-refractivity contribution in [3.8, 4) is 0 Å². The summed E-state index contributed by atoms with van der Waals surface area (Å²) in [6.07, 6.45) is -4.34. The average molecular weight is 314 g/mol. The lowest BCUT2D eigenvalue weighted by atomic mass is 10.1. The normalized spacial score (nSPS) is 11.7. The molecule has 0 amide bonds. The second kappa shape index (κ2) is 6.49. The Morgan fingerprint density at radius 2 is 2.00 bits per heavy atom. The van der Waals surface area contributed by atoms with Crippen molar-refractivity contribution in [2.75, 3.05) is 11.4 Å². The monoisotopic (exact) mass is 314 g/mol. The van der Waals surface area contributed by atoms with Gasteiger partial charge in [-0.3, -0.25) is 0 Å². The Balaban J connectivity index is 2.32. The molecule has 0 atom stereocenters. The highest BCUT2D eigenvalue weighted by Crippen LogP contribution is 2.33. The number of hydrogen-bond acceptors (Lipinski definition) is 3. The molecular formula is C15H17F3N2S. The minimum atomic E-state index is -4.34. The Labute approximate surface area is 126 Å². The van der Waals surface area contributed by atoms with Gasteiger partial charge < -0.3 is 10.6 Å². The predicted molar refractivity (Wildman–Crippen MR) is 80.4 cm³/mol. The molecule has 0 radical (unpaired) electrons. The minimum Gasteiger partial charge on any atom is -0.366 e. The van der Waals surface area contributed by atoms with E-state index in [0.29, 0.717) is 18.7 Å². The summed E-state index contributed by atoms with van der Waals surface area (Å²) in [5.41, 5.74) is 6.27. The summed E-state index contributed by atoms with van der Waals surface area (Å²) >= 11 is 1.63. The summed E-state index contributed by atoms with van der Waals surface area (Å²) in [5, 5.41) is 1.99. The van der Waals surface area contributed by atoms with Gasteiger partial charge in [-0.1, -0.05) is 6.07 Å². The summed E-state index contributed by atoms with van der Waals surface area (Å²) in [7, 11) is 0. The van der Waals surface area contributed by atoms with Crippen LogP contribution in [0.2, 0.25) is 0 Å². The molecule has 0 aliphatic heterocycles. The fourth-order valence-corrected chi connectivity index (χ4v) is 2.91. The third-order valence-corrected chi connectivity index (χ3v) is 4.14. The lowest BCUT2D eigenvalue weighted by Crippen LogP contribution is -2.24. The number of alkyl halides is 3. The van der Waals surface area contributed by atoms with E-state index in [1.165, 1.54) is 10.9 Å². The zero-order valence-electron chi connectivity index (χ0n) is 11.7. The highest BCUT2D eigenvalue weighted by atomic mass is 32.1. The fourth-order valence-electron chi connectivity index (χ4n) is 2.19. The Kier molecular flexibility index (Phi) is 4.90. The van der Waals surface area contributed by atoms with Crippen LogP contribution in [-0.4, -0.2) is 6.54 Å². The molecular weight excluding hydrogens is 297 g/mol. The van der Waals surface area contributed by atoms with Crippen LogP contribution in [0.25, 0.3) is 0 Å². The van der Waals surface area contributed by atoms with E-state index in [1.54, 1.807) is 11.3 Å². The molecule has 2 aromatic rings. The summed E-state index contributed by atoms with van der Waals surface area (Å²) in [5.74, 6) is 0. The molecule has 2 rings (SSSR count). The molecule has 0 aliphatic carbocycles. The van der Waals surface area contributed by atoms with E-state index in [9.17, 15) is 13.2 Å². The van der Waals surface area contributed by atoms with E-state index >= 15 is 0 Å². The molecule has 0 aliphatic rings. The van der Waals surface area contributed by atoms with Crippen LogP contribution < -0.4 is 10.6 Å². The Morgan fingerprint density at radius 1 is 1.24 bits per heavy atom. The molecule has 114 valence electrons. The first-order chi connectivity index (χ1) is 9.95. The highest BCUT2D eigenvalue weighted by molar-refractivity contribution is 7.09. The highest BCUT2D eigenvalue weighted by Gasteiger charge is 2.31. The number of nitrogens with two attached hydrogens (primary N) is 1. The van der Waals surface area contributed by atoms with Gasteiger partial charge in [-0.05, 0) is 42.1 Å². The van der Waals surface area contributed by atoms with Gasteiger partial charge in [0.15, 0.2) is 0 Å². The lowest BCUT2D eigenvalue weighted by molar-refractivity contribution is -0.137. The standard InChI is InChI=1S/C15H17F3N2S/c1-2-20(10-13-4-3-7-21-13)14-6-5-12(15(16,17)18)8-11(14)9-19/h3-8H,2,9-10,19H2,1H3. The number of anilines is 1. The van der Waals surface area contributed by atoms with E-state index in [-0.39, 0.29) is 6.54 Å². The Morgan fingerprint density at radius 3 is 2.52 bits per heavy atom. The summed E-state index contributed by atoms with van der Waals surface area (Å²) < 4.78 is 38.3. The second-order valence-electron chi connectivity index (χ2n) is 4.64. The second-order valence-corrected chi connectivity index (χ2v) is 5.67. The van der Waals surface area contributed by atoms with Crippen LogP contribution in [0.4, 0.5) is 18.9 Å². The van der Waals surface area contributed by atoms with Gasteiger partial charge in [0.1, 0.15) is 0 Å². The molecule has 1 aromatic heterocycles. The topological polar surface area (TPSA) is 29.3 Å². The van der Waals surface area contributed by atoms with Crippen molar-refractivity contribution in [2.24, 2.45) is 5.73 Å². The fraction of sp³-hybridized carbons (Fsp3) is 0.333. The first-order valence-corrected chi connectivity index (χ1v) is 7.51. The molecule has 1 heterocycles. The minimum absolute atomic E-state index is 0.0835. The smallest absolute Gasteiger partial charge is 0.366 e. The molecule has 0 saturated heterocycles. The number of halogens is 3. The van der Waals surface area contributed by atoms with Crippen LogP contribution in [0.1, 0.15) is 22.9 Å². The third-order valence-electron chi connectivity index (χ3n) is 3.28. The zero-order valence-corrected chi connectivity index (χ0v) is 12.5. The predicted octanol–water partition coefficient (Wildman–Crippen LogP) is 4.25. The van der Waals surface area contributed by atoms with Crippen molar-refractivity contribution >= 4 is 17.0 Å². The van der Waals surface area contributed by atoms with Crippen LogP contribution in [0, 0.1) is 0 Å². The van der Waals surface area contributed by atoms with Crippen molar-refractivity contribution in [1.82, 2.24) is 0 Å². The summed E-state index contributed by atoms with van der Waals surface area (Å²) in [4.78, 5) is 3.20. The van der Waals surface area contributed by atoms with Gasteiger partial charge in [0, 0.05) is 23.7 Å². The zero-order chi connectivity index (χ0) is 15.5. The summed E-state index contributed by atoms with van der Waals surface area (Å²) in [6, 6.07) is 7.75. The number of hydrogen-bond donors (Lipinski definition) is 1. The van der Waals surface area contributed by atoms with Crippen molar-refractivity contribution < 1.29 is 13.2 Å². The van der Waals surface area contributed by atoms with Crippen molar-refractivity contribution in [3.05, 3.63) is 51.7 Å². The molecule has 2 nitrogen and oxygen atoms in total. The van der Waals surface area contributed by atoms with Gasteiger partial charge in [0.25, 0.3) is 0 Å². The van der Waals surface area contributed by atoms with Gasteiger partial charge in [-0.2, -0.15) is 13.2 Å². The number of rotatable bonds is 5. The summed E-state index contributed by atoms with van der Waals surface area (Å²) in [6.45, 7) is 3.44. The van der Waals surface area contributed by atoms with Crippen molar-refractivity contribution in [3.63, 3.8) is 0 Å². The van der Waals surface area contributed by atoms with Crippen LogP contribution in [0.15, 0.2) is 35.7 Å². The van der Waals surface area contributed by atoms with E-state index in [0.717, 1.165) is 17.8 Å². The number of nitrogens with zero attached hydrogens (tertiary/aromatic N) is 1. The van der Waals surface area contributed by atoms with Crippen LogP contribution >= 0.6 is 11.3 Å². The first kappa shape index (κ1) is 15.9. The van der Waals surface area contributed by atoms with E-state index in [1.807, 2.05) is 29.3 Å². The lowest BCUT2D eigenvalue weighted by Gasteiger charge is -2.25. The van der Waals surface area contributed by atoms with Crippen LogP contribution in [0.5, 0.6) is 0 Å². The Bertz CT molecular complexity index is 579. The number of thiophene rings is 1. The van der Waals surface area contributed by atoms with E-state index < -0.39 is 11.7 Å². The molecule has 1 aromatic carbocycles. The van der Waals surface area contributed by atoms with Crippen molar-refractivity contribution in [2.45, 2.75) is 26.2 Å². The first-order valence-electron chi connectivity index (χ1n) is 6.63. The maximum absolute atomic E-state index is 12.8. The van der Waals surface area contributed by atoms with Gasteiger partial charge in [-0.25, -0.2) is 0 Å². The van der Waals surface area contributed by atoms with Gasteiger partial charge in [0.2, 0.25) is 0 Å². The van der Waals surface area contributed by atoms with Gasteiger partial charge in [0.05, 0.1) is 12.1 Å². The molecule has 0 bridgehead atoms. The van der Waals surface area contributed by atoms with Gasteiger partial charge in [-0.15, -0.1) is 11.3 Å². The van der Waals surface area contributed by atoms with E-state index in [4.69, 9.17) is 5.73 Å². The molecule has 0 fully saturated rings. The maximum Gasteiger partial charge on any atom is 0.416 e. The van der Waals surface area contributed by atoms with Crippen LogP contribution in [0.3, 0.4) is 0 Å². The quantitative estimate of drug-likeness (QED) is 0.894. The SMILES string of the molecule is CCN(Cc1cccs1)c1ccc(C(F)(F)F)cc1CN. The van der Waals surface area contributed by atoms with E-state index in [2.05, 4.69) is 0 Å². The molecule has 0 unspecified atom stereocenters. The van der Waals surface area contributed by atoms with Crippen LogP contribution in [-0.2, 0) is 19.3 Å². The van der Waals surface area contributed by atoms with Crippen molar-refractivity contribution in [1.29, 1.82) is 0 Å². The average Bonchev–Trinajstić information content (AvgIpc) is 2.96.